The molecule has 0 unspecified atom stereocenters. The molecule has 1 aromatic heterocycles. The zero-order valence-corrected chi connectivity index (χ0v) is 20.2. The summed E-state index contributed by atoms with van der Waals surface area (Å²) >= 11 is 0. The molecule has 0 saturated carbocycles. The number of aryl methyl sites for hydroxylation is 1. The number of benzene rings is 4. The van der Waals surface area contributed by atoms with Gasteiger partial charge in [-0.25, -0.2) is 4.79 Å². The first-order chi connectivity index (χ1) is 17.6. The minimum atomic E-state index is -0.986. The molecule has 6 nitrogen and oxygen atoms in total. The number of fused-ring (bicyclic) bond motifs is 2. The zero-order chi connectivity index (χ0) is 25.1. The first kappa shape index (κ1) is 23.3. The first-order valence-electron chi connectivity index (χ1n) is 11.8. The van der Waals surface area contributed by atoms with Crippen LogP contribution in [0.2, 0.25) is 0 Å². The topological polar surface area (TPSA) is 80.8 Å². The van der Waals surface area contributed by atoms with Gasteiger partial charge in [-0.05, 0) is 35.9 Å². The number of H-pyrrole nitrogens is 1. The highest BCUT2D eigenvalue weighted by Gasteiger charge is 2.21. The number of nitrogens with one attached hydrogen (secondary N) is 1. The molecule has 2 N–H and O–H groups in total. The number of aromatic amines is 1. The number of hydrogen-bond acceptors (Lipinski definition) is 4. The lowest BCUT2D eigenvalue weighted by atomic mass is 9.99. The third kappa shape index (κ3) is 4.22. The Morgan fingerprint density at radius 1 is 0.806 bits per heavy atom. The number of ether oxygens (including phenoxy) is 3. The van der Waals surface area contributed by atoms with E-state index in [0.717, 1.165) is 44.1 Å². The van der Waals surface area contributed by atoms with Crippen LogP contribution >= 0.6 is 0 Å². The van der Waals surface area contributed by atoms with Gasteiger partial charge in [-0.1, -0.05) is 66.7 Å². The number of methoxy groups -OCH3 is 2. The van der Waals surface area contributed by atoms with E-state index in [9.17, 15) is 9.90 Å². The maximum absolute atomic E-state index is 12.2. The molecule has 0 bridgehead atoms. The molecule has 5 rings (SSSR count). The lowest BCUT2D eigenvalue weighted by molar-refractivity contribution is 0.0690. The Morgan fingerprint density at radius 2 is 1.50 bits per heavy atom. The minimum absolute atomic E-state index is 0.199. The number of carbonyl (C=O) groups is 1. The summed E-state index contributed by atoms with van der Waals surface area (Å²) in [5, 5.41) is 13.0. The number of hydrogen-bond donors (Lipinski definition) is 2. The normalized spacial score (nSPS) is 11.1. The Bertz CT molecular complexity index is 1550. The molecule has 0 atom stereocenters. The van der Waals surface area contributed by atoms with Crippen LogP contribution in [-0.2, 0) is 6.42 Å². The fourth-order valence-corrected chi connectivity index (χ4v) is 4.79. The number of carboxylic acids is 1. The van der Waals surface area contributed by atoms with Crippen LogP contribution in [0.3, 0.4) is 0 Å². The molecule has 4 aromatic carbocycles. The van der Waals surface area contributed by atoms with Gasteiger partial charge < -0.3 is 24.3 Å². The molecule has 1 heterocycles. The highest BCUT2D eigenvalue weighted by molar-refractivity contribution is 6.03. The number of para-hydroxylation sites is 2. The second-order valence-corrected chi connectivity index (χ2v) is 8.48. The number of aromatic nitrogens is 1. The summed E-state index contributed by atoms with van der Waals surface area (Å²) in [6.45, 7) is 0.475. The standard InChI is InChI=1S/C30H27NO5/c1-34-26-17-7-14-24(29(26)35-2)23-13-6-12-21-22(28(30(32)33)31-27(21)23)15-8-18-36-25-16-5-10-19-9-3-4-11-20(19)25/h3-7,9-14,16-17,31H,8,15,18H2,1-2H3,(H,32,33). The van der Waals surface area contributed by atoms with Gasteiger partial charge in [0.25, 0.3) is 0 Å². The van der Waals surface area contributed by atoms with Gasteiger partial charge >= 0.3 is 5.97 Å². The smallest absolute Gasteiger partial charge is 0.352 e. The Morgan fingerprint density at radius 3 is 2.31 bits per heavy atom. The van der Waals surface area contributed by atoms with E-state index in [-0.39, 0.29) is 5.69 Å². The highest BCUT2D eigenvalue weighted by atomic mass is 16.5. The van der Waals surface area contributed by atoms with E-state index < -0.39 is 5.97 Å². The summed E-state index contributed by atoms with van der Waals surface area (Å²) in [7, 11) is 3.19. The van der Waals surface area contributed by atoms with Crippen molar-refractivity contribution < 1.29 is 24.1 Å². The van der Waals surface area contributed by atoms with Crippen molar-refractivity contribution in [2.45, 2.75) is 12.8 Å². The van der Waals surface area contributed by atoms with Crippen molar-refractivity contribution in [2.24, 2.45) is 0 Å². The molecule has 0 radical (unpaired) electrons. The van der Waals surface area contributed by atoms with Crippen LogP contribution in [0, 0.1) is 0 Å². The number of carboxylic acid groups (broad SMARTS) is 1. The van der Waals surface area contributed by atoms with Gasteiger partial charge in [-0.2, -0.15) is 0 Å². The third-order valence-electron chi connectivity index (χ3n) is 6.43. The Labute approximate surface area is 209 Å². The van der Waals surface area contributed by atoms with Crippen molar-refractivity contribution in [3.8, 4) is 28.4 Å². The molecule has 182 valence electrons. The second-order valence-electron chi connectivity index (χ2n) is 8.48. The Hall–Kier alpha value is -4.45. The second kappa shape index (κ2) is 10.0. The van der Waals surface area contributed by atoms with Gasteiger partial charge in [0.15, 0.2) is 11.5 Å². The van der Waals surface area contributed by atoms with E-state index in [0.29, 0.717) is 30.9 Å². The summed E-state index contributed by atoms with van der Waals surface area (Å²) < 4.78 is 17.2. The average Bonchev–Trinajstić information content (AvgIpc) is 3.29. The van der Waals surface area contributed by atoms with Gasteiger partial charge in [-0.3, -0.25) is 0 Å². The molecule has 0 saturated heterocycles. The van der Waals surface area contributed by atoms with Crippen LogP contribution < -0.4 is 14.2 Å². The fourth-order valence-electron chi connectivity index (χ4n) is 4.79. The number of aromatic carboxylic acids is 1. The van der Waals surface area contributed by atoms with Crippen LogP contribution in [0.1, 0.15) is 22.5 Å². The molecule has 0 aliphatic heterocycles. The van der Waals surface area contributed by atoms with Crippen molar-refractivity contribution in [2.75, 3.05) is 20.8 Å². The van der Waals surface area contributed by atoms with E-state index in [1.165, 1.54) is 0 Å². The molecule has 0 fully saturated rings. The largest absolute Gasteiger partial charge is 0.493 e. The first-order valence-corrected chi connectivity index (χ1v) is 11.8. The van der Waals surface area contributed by atoms with E-state index in [4.69, 9.17) is 14.2 Å². The van der Waals surface area contributed by atoms with E-state index in [1.54, 1.807) is 14.2 Å². The summed E-state index contributed by atoms with van der Waals surface area (Å²) in [5.41, 5.74) is 3.40. The minimum Gasteiger partial charge on any atom is -0.493 e. The predicted molar refractivity (Wildman–Crippen MR) is 142 cm³/mol. The van der Waals surface area contributed by atoms with Gasteiger partial charge in [0, 0.05) is 21.9 Å². The Kier molecular flexibility index (Phi) is 6.50. The summed E-state index contributed by atoms with van der Waals surface area (Å²) in [6, 6.07) is 25.6. The zero-order valence-electron chi connectivity index (χ0n) is 20.2. The molecule has 5 aromatic rings. The van der Waals surface area contributed by atoms with E-state index in [2.05, 4.69) is 17.1 Å². The Balaban J connectivity index is 1.45. The van der Waals surface area contributed by atoms with Gasteiger partial charge in [0.1, 0.15) is 11.4 Å². The average molecular weight is 482 g/mol. The lowest BCUT2D eigenvalue weighted by Gasteiger charge is -2.13. The maximum Gasteiger partial charge on any atom is 0.352 e. The van der Waals surface area contributed by atoms with Crippen LogP contribution in [0.5, 0.6) is 17.2 Å². The lowest BCUT2D eigenvalue weighted by Crippen LogP contribution is -2.04. The summed E-state index contributed by atoms with van der Waals surface area (Å²) in [5.74, 6) is 1.06. The molecule has 6 heteroatoms. The van der Waals surface area contributed by atoms with Gasteiger partial charge in [-0.15, -0.1) is 0 Å². The summed E-state index contributed by atoms with van der Waals surface area (Å²) in [6.07, 6.45) is 1.23. The van der Waals surface area contributed by atoms with Crippen LogP contribution in [-0.4, -0.2) is 36.9 Å². The van der Waals surface area contributed by atoms with Crippen molar-refractivity contribution in [3.05, 3.63) is 90.1 Å². The molecular formula is C30H27NO5. The monoisotopic (exact) mass is 481 g/mol. The van der Waals surface area contributed by atoms with Crippen molar-refractivity contribution in [1.29, 1.82) is 0 Å². The van der Waals surface area contributed by atoms with Crippen LogP contribution in [0.4, 0.5) is 0 Å². The van der Waals surface area contributed by atoms with Crippen LogP contribution in [0.25, 0.3) is 32.8 Å². The highest BCUT2D eigenvalue weighted by Crippen LogP contribution is 2.41. The third-order valence-corrected chi connectivity index (χ3v) is 6.43. The van der Waals surface area contributed by atoms with Gasteiger partial charge in [0.05, 0.1) is 26.3 Å². The molecule has 0 aliphatic rings. The van der Waals surface area contributed by atoms with Crippen molar-refractivity contribution in [3.63, 3.8) is 0 Å². The molecule has 0 spiro atoms. The van der Waals surface area contributed by atoms with Crippen LogP contribution in [0.15, 0.2) is 78.9 Å². The SMILES string of the molecule is COc1cccc(-c2cccc3c(CCCOc4cccc5ccccc45)c(C(=O)O)[nH]c23)c1OC. The van der Waals surface area contributed by atoms with Crippen molar-refractivity contribution in [1.82, 2.24) is 4.98 Å². The van der Waals surface area contributed by atoms with E-state index >= 15 is 0 Å². The maximum atomic E-state index is 12.2. The van der Waals surface area contributed by atoms with Crippen molar-refractivity contribution >= 4 is 27.6 Å². The molecule has 36 heavy (non-hydrogen) atoms. The fraction of sp³-hybridized carbons (Fsp3) is 0.167. The molecule has 0 amide bonds. The predicted octanol–water partition coefficient (Wildman–Crippen LogP) is 6.72. The van der Waals surface area contributed by atoms with Gasteiger partial charge in [0.2, 0.25) is 0 Å². The molecule has 0 aliphatic carbocycles. The quantitative estimate of drug-likeness (QED) is 0.229. The van der Waals surface area contributed by atoms with E-state index in [1.807, 2.05) is 66.7 Å². The summed E-state index contributed by atoms with van der Waals surface area (Å²) in [4.78, 5) is 15.3. The number of rotatable bonds is 9. The molecular weight excluding hydrogens is 454 g/mol.